The zero-order valence-electron chi connectivity index (χ0n) is 18.1. The van der Waals surface area contributed by atoms with Gasteiger partial charge >= 0.3 is 0 Å². The molecule has 2 fully saturated rings. The summed E-state index contributed by atoms with van der Waals surface area (Å²) in [5.74, 6) is 0.102. The molecule has 0 unspecified atom stereocenters. The largest absolute Gasteiger partial charge is 0.356 e. The molecule has 31 heavy (non-hydrogen) atoms. The van der Waals surface area contributed by atoms with Crippen molar-refractivity contribution in [2.75, 3.05) is 45.8 Å². The van der Waals surface area contributed by atoms with E-state index in [1.165, 1.54) is 0 Å². The van der Waals surface area contributed by atoms with Crippen LogP contribution in [0.5, 0.6) is 0 Å². The number of nitrogens with one attached hydrogen (secondary N) is 1. The summed E-state index contributed by atoms with van der Waals surface area (Å²) in [6.45, 7) is 6.51. The van der Waals surface area contributed by atoms with E-state index in [2.05, 4.69) is 9.88 Å². The van der Waals surface area contributed by atoms with E-state index in [0.717, 1.165) is 37.1 Å². The highest BCUT2D eigenvalue weighted by Gasteiger charge is 2.25. The van der Waals surface area contributed by atoms with E-state index in [0.29, 0.717) is 50.4 Å². The lowest BCUT2D eigenvalue weighted by molar-refractivity contribution is -0.132. The van der Waals surface area contributed by atoms with Crippen LogP contribution in [0.4, 0.5) is 0 Å². The third-order valence-electron chi connectivity index (χ3n) is 6.32. The van der Waals surface area contributed by atoms with Crippen LogP contribution in [0.1, 0.15) is 44.8 Å². The molecule has 7 nitrogen and oxygen atoms in total. The van der Waals surface area contributed by atoms with Crippen LogP contribution in [0, 0.1) is 6.92 Å². The minimum absolute atomic E-state index is 0.00333. The van der Waals surface area contributed by atoms with Crippen LogP contribution >= 0.6 is 0 Å². The van der Waals surface area contributed by atoms with E-state index in [-0.39, 0.29) is 17.6 Å². The number of nitrogens with zero attached hydrogens (tertiary/aromatic N) is 3. The van der Waals surface area contributed by atoms with Gasteiger partial charge in [-0.2, -0.15) is 0 Å². The molecule has 1 aromatic carbocycles. The second-order valence-electron chi connectivity index (χ2n) is 8.48. The van der Waals surface area contributed by atoms with Gasteiger partial charge in [0, 0.05) is 51.0 Å². The van der Waals surface area contributed by atoms with Crippen molar-refractivity contribution >= 4 is 17.6 Å². The molecule has 1 aromatic heterocycles. The van der Waals surface area contributed by atoms with Gasteiger partial charge in [-0.3, -0.25) is 19.3 Å². The lowest BCUT2D eigenvalue weighted by Crippen LogP contribution is -2.50. The summed E-state index contributed by atoms with van der Waals surface area (Å²) in [6.07, 6.45) is 4.13. The second kappa shape index (κ2) is 9.47. The number of ketones is 1. The van der Waals surface area contributed by atoms with E-state index in [1.807, 2.05) is 41.0 Å². The van der Waals surface area contributed by atoms with Crippen molar-refractivity contribution in [1.82, 2.24) is 19.7 Å². The van der Waals surface area contributed by atoms with E-state index in [1.54, 1.807) is 12.3 Å². The number of amides is 2. The topological polar surface area (TPSA) is 76.7 Å². The van der Waals surface area contributed by atoms with Gasteiger partial charge in [-0.1, -0.05) is 24.3 Å². The number of piperazine rings is 1. The summed E-state index contributed by atoms with van der Waals surface area (Å²) in [6, 6.07) is 9.64. The molecule has 2 saturated heterocycles. The molecular weight excluding hydrogens is 392 g/mol. The zero-order chi connectivity index (χ0) is 21.8. The maximum atomic E-state index is 12.7. The molecule has 4 rings (SSSR count). The molecule has 0 atom stereocenters. The standard InChI is InChI=1S/C24H30N4O3/c1-18-6-2-3-7-19(18)15-23(30)27-12-10-26(11-13-27)17-22(29)20-14-21(25-16-20)24(31)28-8-4-5-9-28/h2-3,6-7,14,16,25H,4-5,8-13,15,17H2,1H3. The van der Waals surface area contributed by atoms with Gasteiger partial charge in [-0.05, 0) is 37.0 Å². The van der Waals surface area contributed by atoms with Crippen molar-refractivity contribution in [3.05, 3.63) is 58.9 Å². The van der Waals surface area contributed by atoms with E-state index >= 15 is 0 Å². The van der Waals surface area contributed by atoms with Crippen molar-refractivity contribution < 1.29 is 14.4 Å². The maximum Gasteiger partial charge on any atom is 0.270 e. The average molecular weight is 423 g/mol. The highest BCUT2D eigenvalue weighted by Crippen LogP contribution is 2.15. The van der Waals surface area contributed by atoms with Gasteiger partial charge in [0.25, 0.3) is 5.91 Å². The molecule has 2 aliphatic rings. The molecule has 0 radical (unpaired) electrons. The van der Waals surface area contributed by atoms with E-state index < -0.39 is 0 Å². The number of rotatable bonds is 6. The van der Waals surface area contributed by atoms with Crippen molar-refractivity contribution in [2.24, 2.45) is 0 Å². The molecule has 2 amide bonds. The first-order chi connectivity index (χ1) is 15.0. The number of H-pyrrole nitrogens is 1. The van der Waals surface area contributed by atoms with Gasteiger partial charge < -0.3 is 14.8 Å². The highest BCUT2D eigenvalue weighted by atomic mass is 16.2. The van der Waals surface area contributed by atoms with Crippen molar-refractivity contribution in [1.29, 1.82) is 0 Å². The third-order valence-corrected chi connectivity index (χ3v) is 6.32. The van der Waals surface area contributed by atoms with Crippen molar-refractivity contribution in [3.8, 4) is 0 Å². The van der Waals surface area contributed by atoms with Gasteiger partial charge in [0.05, 0.1) is 13.0 Å². The first-order valence-electron chi connectivity index (χ1n) is 11.1. The van der Waals surface area contributed by atoms with Gasteiger partial charge in [-0.15, -0.1) is 0 Å². The Bertz CT molecular complexity index is 953. The number of hydrogen-bond acceptors (Lipinski definition) is 4. The summed E-state index contributed by atoms with van der Waals surface area (Å²) >= 11 is 0. The molecule has 2 aromatic rings. The molecule has 7 heteroatoms. The molecule has 0 saturated carbocycles. The Morgan fingerprint density at radius 3 is 2.35 bits per heavy atom. The molecule has 3 heterocycles. The van der Waals surface area contributed by atoms with Crippen molar-refractivity contribution in [2.45, 2.75) is 26.2 Å². The van der Waals surface area contributed by atoms with Crippen LogP contribution in [0.2, 0.25) is 0 Å². The van der Waals surface area contributed by atoms with E-state index in [4.69, 9.17) is 0 Å². The lowest BCUT2D eigenvalue weighted by atomic mass is 10.1. The van der Waals surface area contributed by atoms with Crippen molar-refractivity contribution in [3.63, 3.8) is 0 Å². The Morgan fingerprint density at radius 2 is 1.65 bits per heavy atom. The predicted molar refractivity (Wildman–Crippen MR) is 118 cm³/mol. The Hall–Kier alpha value is -2.93. The summed E-state index contributed by atoms with van der Waals surface area (Å²) in [7, 11) is 0. The molecule has 0 aliphatic carbocycles. The normalized spacial score (nSPS) is 17.2. The summed E-state index contributed by atoms with van der Waals surface area (Å²) in [4.78, 5) is 46.6. The number of aromatic amines is 1. The van der Waals surface area contributed by atoms with E-state index in [9.17, 15) is 14.4 Å². The number of carbonyl (C=O) groups excluding carboxylic acids is 3. The molecular formula is C24H30N4O3. The summed E-state index contributed by atoms with van der Waals surface area (Å²) in [5.41, 5.74) is 3.23. The number of aryl methyl sites for hydroxylation is 1. The fraction of sp³-hybridized carbons (Fsp3) is 0.458. The summed E-state index contributed by atoms with van der Waals surface area (Å²) in [5, 5.41) is 0. The maximum absolute atomic E-state index is 12.7. The first-order valence-corrected chi connectivity index (χ1v) is 11.1. The Kier molecular flexibility index (Phi) is 6.51. The quantitative estimate of drug-likeness (QED) is 0.724. The molecule has 2 aliphatic heterocycles. The van der Waals surface area contributed by atoms with Gasteiger partial charge in [0.2, 0.25) is 5.91 Å². The third kappa shape index (κ3) is 5.05. The molecule has 164 valence electrons. The zero-order valence-corrected chi connectivity index (χ0v) is 18.1. The lowest BCUT2D eigenvalue weighted by Gasteiger charge is -2.34. The SMILES string of the molecule is Cc1ccccc1CC(=O)N1CCN(CC(=O)c2c[nH]c(C(=O)N3CCCC3)c2)CC1. The summed E-state index contributed by atoms with van der Waals surface area (Å²) < 4.78 is 0. The second-order valence-corrected chi connectivity index (χ2v) is 8.48. The fourth-order valence-electron chi connectivity index (χ4n) is 4.30. The number of benzene rings is 1. The number of aromatic nitrogens is 1. The monoisotopic (exact) mass is 422 g/mol. The minimum Gasteiger partial charge on any atom is -0.356 e. The van der Waals surface area contributed by atoms with Gasteiger partial charge in [0.15, 0.2) is 5.78 Å². The number of carbonyl (C=O) groups is 3. The Balaban J connectivity index is 1.26. The minimum atomic E-state index is -0.0303. The van der Waals surface area contributed by atoms with Crippen LogP contribution in [0.15, 0.2) is 36.5 Å². The number of likely N-dealkylation sites (tertiary alicyclic amines) is 1. The fourth-order valence-corrected chi connectivity index (χ4v) is 4.30. The van der Waals surface area contributed by atoms with Crippen LogP contribution in [-0.2, 0) is 11.2 Å². The molecule has 1 N–H and O–H groups in total. The van der Waals surface area contributed by atoms with Gasteiger partial charge in [-0.25, -0.2) is 0 Å². The Morgan fingerprint density at radius 1 is 0.935 bits per heavy atom. The Labute approximate surface area is 183 Å². The van der Waals surface area contributed by atoms with Crippen LogP contribution in [0.25, 0.3) is 0 Å². The number of hydrogen-bond donors (Lipinski definition) is 1. The van der Waals surface area contributed by atoms with Crippen LogP contribution in [0.3, 0.4) is 0 Å². The van der Waals surface area contributed by atoms with Crippen LogP contribution in [-0.4, -0.2) is 83.1 Å². The number of Topliss-reactive ketones (excluding diaryl/α,β-unsaturated/α-hetero) is 1. The van der Waals surface area contributed by atoms with Crippen LogP contribution < -0.4 is 0 Å². The predicted octanol–water partition coefficient (Wildman–Crippen LogP) is 2.13. The molecule has 0 bridgehead atoms. The molecule has 0 spiro atoms. The highest BCUT2D eigenvalue weighted by molar-refractivity contribution is 6.01. The van der Waals surface area contributed by atoms with Gasteiger partial charge in [0.1, 0.15) is 5.69 Å². The first kappa shape index (κ1) is 21.3. The average Bonchev–Trinajstić information content (AvgIpc) is 3.48. The smallest absolute Gasteiger partial charge is 0.270 e.